The Hall–Kier alpha value is -3.94. The van der Waals surface area contributed by atoms with Crippen molar-refractivity contribution in [2.24, 2.45) is 10.2 Å². The number of carbonyl (C=O) groups excluding carboxylic acids is 2. The summed E-state index contributed by atoms with van der Waals surface area (Å²) in [6.45, 7) is 5.32. The first kappa shape index (κ1) is 22.7. The smallest absolute Gasteiger partial charge is 0.344 e. The minimum absolute atomic E-state index is 0.0391. The number of esters is 2. The molecule has 0 fully saturated rings. The van der Waals surface area contributed by atoms with E-state index in [2.05, 4.69) is 10.2 Å². The summed E-state index contributed by atoms with van der Waals surface area (Å²) in [5, 5.41) is 20.5. The summed E-state index contributed by atoms with van der Waals surface area (Å²) in [6, 6.07) is 13.6. The quantitative estimate of drug-likeness (QED) is 0.375. The molecular formula is C24H24N2O6. The van der Waals surface area contributed by atoms with Gasteiger partial charge in [0.25, 0.3) is 0 Å². The number of benzene rings is 3. The van der Waals surface area contributed by atoms with Gasteiger partial charge in [-0.05, 0) is 45.0 Å². The van der Waals surface area contributed by atoms with E-state index in [1.807, 2.05) is 0 Å². The SMILES string of the molecule is CCOC(=O)COc1c(C)c(O)c2ccccc2c1N=Nc1ccc(C(=O)OCC)cc1. The molecule has 3 aromatic carbocycles. The Kier molecular flexibility index (Phi) is 7.38. The Morgan fingerprint density at radius 3 is 2.22 bits per heavy atom. The Balaban J connectivity index is 2.00. The Bertz CT molecular complexity index is 1160. The number of ether oxygens (including phenoxy) is 3. The van der Waals surface area contributed by atoms with Gasteiger partial charge in [0.15, 0.2) is 12.4 Å². The van der Waals surface area contributed by atoms with Crippen LogP contribution in [0, 0.1) is 6.92 Å². The van der Waals surface area contributed by atoms with Crippen LogP contribution in [-0.4, -0.2) is 36.9 Å². The predicted molar refractivity (Wildman–Crippen MR) is 119 cm³/mol. The van der Waals surface area contributed by atoms with Crippen LogP contribution in [0.2, 0.25) is 0 Å². The van der Waals surface area contributed by atoms with Crippen molar-refractivity contribution < 1.29 is 28.9 Å². The fourth-order valence-corrected chi connectivity index (χ4v) is 3.10. The maximum atomic E-state index is 11.8. The molecule has 0 radical (unpaired) electrons. The summed E-state index contributed by atoms with van der Waals surface area (Å²) in [6.07, 6.45) is 0. The monoisotopic (exact) mass is 436 g/mol. The van der Waals surface area contributed by atoms with Crippen molar-refractivity contribution in [3.63, 3.8) is 0 Å². The molecule has 0 aromatic heterocycles. The van der Waals surface area contributed by atoms with Gasteiger partial charge in [0, 0.05) is 16.3 Å². The molecule has 3 rings (SSSR count). The number of rotatable bonds is 8. The molecule has 0 amide bonds. The zero-order valence-electron chi connectivity index (χ0n) is 18.1. The summed E-state index contributed by atoms with van der Waals surface area (Å²) in [7, 11) is 0. The molecule has 0 saturated heterocycles. The Morgan fingerprint density at radius 1 is 0.906 bits per heavy atom. The molecule has 1 N–H and O–H groups in total. The van der Waals surface area contributed by atoms with Gasteiger partial charge in [-0.2, -0.15) is 5.11 Å². The maximum absolute atomic E-state index is 11.8. The van der Waals surface area contributed by atoms with Crippen LogP contribution in [0.1, 0.15) is 29.8 Å². The fourth-order valence-electron chi connectivity index (χ4n) is 3.10. The van der Waals surface area contributed by atoms with E-state index in [9.17, 15) is 14.7 Å². The minimum Gasteiger partial charge on any atom is -0.507 e. The number of phenols is 1. The van der Waals surface area contributed by atoms with Crippen molar-refractivity contribution >= 4 is 34.1 Å². The highest BCUT2D eigenvalue weighted by molar-refractivity contribution is 6.01. The number of hydrogen-bond donors (Lipinski definition) is 1. The Morgan fingerprint density at radius 2 is 1.56 bits per heavy atom. The molecule has 0 spiro atoms. The second-order valence-electron chi connectivity index (χ2n) is 6.76. The minimum atomic E-state index is -0.531. The highest BCUT2D eigenvalue weighted by Crippen LogP contribution is 2.45. The molecule has 32 heavy (non-hydrogen) atoms. The predicted octanol–water partition coefficient (Wildman–Crippen LogP) is 5.39. The van der Waals surface area contributed by atoms with Crippen molar-refractivity contribution in [3.05, 3.63) is 59.7 Å². The van der Waals surface area contributed by atoms with Crippen LogP contribution in [0.3, 0.4) is 0 Å². The maximum Gasteiger partial charge on any atom is 0.344 e. The second-order valence-corrected chi connectivity index (χ2v) is 6.76. The number of nitrogens with zero attached hydrogens (tertiary/aromatic N) is 2. The second kappa shape index (κ2) is 10.4. The average Bonchev–Trinajstić information content (AvgIpc) is 2.80. The largest absolute Gasteiger partial charge is 0.507 e. The van der Waals surface area contributed by atoms with Gasteiger partial charge in [0.1, 0.15) is 11.4 Å². The lowest BCUT2D eigenvalue weighted by atomic mass is 10.0. The van der Waals surface area contributed by atoms with E-state index < -0.39 is 11.9 Å². The van der Waals surface area contributed by atoms with Gasteiger partial charge in [0.2, 0.25) is 0 Å². The molecule has 166 valence electrons. The molecule has 3 aromatic rings. The van der Waals surface area contributed by atoms with Crippen LogP contribution >= 0.6 is 0 Å². The van der Waals surface area contributed by atoms with E-state index in [1.54, 1.807) is 69.3 Å². The first-order valence-corrected chi connectivity index (χ1v) is 10.2. The van der Waals surface area contributed by atoms with Crippen LogP contribution in [0.15, 0.2) is 58.8 Å². The number of fused-ring (bicyclic) bond motifs is 1. The molecule has 0 heterocycles. The van der Waals surface area contributed by atoms with Crippen LogP contribution in [-0.2, 0) is 14.3 Å². The fraction of sp³-hybridized carbons (Fsp3) is 0.250. The number of carbonyl (C=O) groups is 2. The van der Waals surface area contributed by atoms with Gasteiger partial charge in [-0.25, -0.2) is 9.59 Å². The number of aromatic hydroxyl groups is 1. The van der Waals surface area contributed by atoms with Gasteiger partial charge >= 0.3 is 11.9 Å². The van der Waals surface area contributed by atoms with Gasteiger partial charge in [-0.3, -0.25) is 0 Å². The third-order valence-corrected chi connectivity index (χ3v) is 4.63. The summed E-state index contributed by atoms with van der Waals surface area (Å²) in [5.41, 5.74) is 1.72. The summed E-state index contributed by atoms with van der Waals surface area (Å²) < 4.78 is 15.6. The van der Waals surface area contributed by atoms with Gasteiger partial charge in [-0.15, -0.1) is 5.11 Å². The molecular weight excluding hydrogens is 412 g/mol. The highest BCUT2D eigenvalue weighted by Gasteiger charge is 2.19. The highest BCUT2D eigenvalue weighted by atomic mass is 16.6. The molecule has 0 unspecified atom stereocenters. The van der Waals surface area contributed by atoms with E-state index in [0.29, 0.717) is 39.9 Å². The van der Waals surface area contributed by atoms with E-state index in [0.717, 1.165) is 0 Å². The lowest BCUT2D eigenvalue weighted by Gasteiger charge is -2.15. The van der Waals surface area contributed by atoms with Gasteiger partial charge in [0.05, 0.1) is 24.5 Å². The average molecular weight is 436 g/mol. The number of azo groups is 1. The van der Waals surface area contributed by atoms with Crippen molar-refractivity contribution in [3.8, 4) is 11.5 Å². The first-order valence-electron chi connectivity index (χ1n) is 10.2. The van der Waals surface area contributed by atoms with Crippen molar-refractivity contribution in [2.45, 2.75) is 20.8 Å². The molecule has 0 bridgehead atoms. The molecule has 8 heteroatoms. The van der Waals surface area contributed by atoms with Crippen LogP contribution in [0.25, 0.3) is 10.8 Å². The summed E-state index contributed by atoms with van der Waals surface area (Å²) in [5.74, 6) is -0.666. The van der Waals surface area contributed by atoms with Crippen molar-refractivity contribution in [1.29, 1.82) is 0 Å². The van der Waals surface area contributed by atoms with E-state index >= 15 is 0 Å². The van der Waals surface area contributed by atoms with E-state index in [1.165, 1.54) is 0 Å². The summed E-state index contributed by atoms with van der Waals surface area (Å²) >= 11 is 0. The Labute approximate surface area is 185 Å². The number of phenolic OH excluding ortho intramolecular Hbond substituents is 1. The molecule has 0 atom stereocenters. The lowest BCUT2D eigenvalue weighted by Crippen LogP contribution is -2.15. The van der Waals surface area contributed by atoms with Crippen LogP contribution in [0.4, 0.5) is 11.4 Å². The van der Waals surface area contributed by atoms with Crippen LogP contribution < -0.4 is 4.74 Å². The zero-order chi connectivity index (χ0) is 23.1. The normalized spacial score (nSPS) is 11.0. The van der Waals surface area contributed by atoms with Crippen LogP contribution in [0.5, 0.6) is 11.5 Å². The third-order valence-electron chi connectivity index (χ3n) is 4.63. The molecule has 0 saturated carbocycles. The van der Waals surface area contributed by atoms with Gasteiger partial charge in [-0.1, -0.05) is 24.3 Å². The molecule has 0 aliphatic heterocycles. The zero-order valence-corrected chi connectivity index (χ0v) is 18.1. The van der Waals surface area contributed by atoms with E-state index in [-0.39, 0.29) is 24.7 Å². The summed E-state index contributed by atoms with van der Waals surface area (Å²) in [4.78, 5) is 23.6. The molecule has 0 aliphatic rings. The van der Waals surface area contributed by atoms with Crippen molar-refractivity contribution in [1.82, 2.24) is 0 Å². The molecule has 8 nitrogen and oxygen atoms in total. The topological polar surface area (TPSA) is 107 Å². The lowest BCUT2D eigenvalue weighted by molar-refractivity contribution is -0.145. The number of hydrogen-bond acceptors (Lipinski definition) is 8. The third kappa shape index (κ3) is 5.03. The van der Waals surface area contributed by atoms with E-state index in [4.69, 9.17) is 14.2 Å². The first-order chi connectivity index (χ1) is 15.5. The standard InChI is InChI=1S/C24H24N2O6/c1-4-30-20(27)14-32-23-15(3)22(28)19-9-7-6-8-18(19)21(23)26-25-17-12-10-16(11-13-17)24(29)31-5-2/h6-13,28H,4-5,14H2,1-3H3. The van der Waals surface area contributed by atoms with Crippen molar-refractivity contribution in [2.75, 3.05) is 19.8 Å². The van der Waals surface area contributed by atoms with Gasteiger partial charge < -0.3 is 19.3 Å². The molecule has 0 aliphatic carbocycles.